The van der Waals surface area contributed by atoms with E-state index in [1.807, 2.05) is 0 Å². The molecule has 0 unspecified atom stereocenters. The smallest absolute Gasteiger partial charge is 0.227 e. The summed E-state index contributed by atoms with van der Waals surface area (Å²) in [6, 6.07) is 9.19. The minimum atomic E-state index is 0.241. The van der Waals surface area contributed by atoms with Crippen LogP contribution in [0, 0.1) is 17.8 Å². The third-order valence-electron chi connectivity index (χ3n) is 10.6. The molecule has 8 rings (SSSR count). The van der Waals surface area contributed by atoms with Gasteiger partial charge in [-0.05, 0) is 99.0 Å². The van der Waals surface area contributed by atoms with Gasteiger partial charge in [-0.15, -0.1) is 5.10 Å². The third-order valence-corrected chi connectivity index (χ3v) is 10.6. The monoisotopic (exact) mass is 486 g/mol. The zero-order chi connectivity index (χ0) is 24.1. The van der Waals surface area contributed by atoms with Gasteiger partial charge >= 0.3 is 0 Å². The van der Waals surface area contributed by atoms with Crippen molar-refractivity contribution in [2.75, 3.05) is 6.54 Å². The van der Waals surface area contributed by atoms with Gasteiger partial charge in [-0.1, -0.05) is 48.7 Å². The normalized spacial score (nSPS) is 33.9. The van der Waals surface area contributed by atoms with Gasteiger partial charge in [-0.25, -0.2) is 0 Å². The van der Waals surface area contributed by atoms with Crippen LogP contribution in [0.25, 0.3) is 0 Å². The molecule has 6 aliphatic rings. The number of amides is 1. The number of nitrogens with zero attached hydrogens (tertiary/aromatic N) is 4. The predicted octanol–water partition coefficient (Wildman–Crippen LogP) is 6.03. The maximum atomic E-state index is 13.3. The summed E-state index contributed by atoms with van der Waals surface area (Å²) in [4.78, 5) is 15.4. The van der Waals surface area contributed by atoms with E-state index in [0.717, 1.165) is 55.2 Å². The molecule has 1 aromatic heterocycles. The molecule has 5 saturated carbocycles. The molecule has 1 aromatic carbocycles. The van der Waals surface area contributed by atoms with Crippen molar-refractivity contribution in [1.82, 2.24) is 19.9 Å². The Hall–Kier alpha value is -2.17. The Balaban J connectivity index is 0.990. The Morgan fingerprint density at radius 3 is 2.28 bits per heavy atom. The van der Waals surface area contributed by atoms with Crippen LogP contribution < -0.4 is 0 Å². The van der Waals surface area contributed by atoms with Crippen LogP contribution in [0.1, 0.15) is 106 Å². The first-order valence-electron chi connectivity index (χ1n) is 14.9. The van der Waals surface area contributed by atoms with Gasteiger partial charge in [0.1, 0.15) is 0 Å². The van der Waals surface area contributed by atoms with Crippen LogP contribution in [-0.4, -0.2) is 38.4 Å². The highest BCUT2D eigenvalue weighted by Crippen LogP contribution is 2.60. The Morgan fingerprint density at radius 1 is 0.889 bits per heavy atom. The molecule has 6 fully saturated rings. The van der Waals surface area contributed by atoms with Crippen molar-refractivity contribution in [1.29, 1.82) is 0 Å². The SMILES string of the molecule is O=C(Cc1ccc(C2CCCCC2)cc1)N1CCC[C@@H]1Cn1cc(C23CC4CC(CC(C4)C2)C3)nn1. The molecular weight excluding hydrogens is 444 g/mol. The van der Waals surface area contributed by atoms with E-state index in [-0.39, 0.29) is 11.9 Å². The quantitative estimate of drug-likeness (QED) is 0.501. The van der Waals surface area contributed by atoms with Gasteiger partial charge in [0.25, 0.3) is 0 Å². The Morgan fingerprint density at radius 2 is 1.58 bits per heavy atom. The van der Waals surface area contributed by atoms with Crippen molar-refractivity contribution in [3.8, 4) is 0 Å². The van der Waals surface area contributed by atoms with Crippen LogP contribution in [-0.2, 0) is 23.2 Å². The average Bonchev–Trinajstić information content (AvgIpc) is 3.55. The molecule has 2 aromatic rings. The van der Waals surface area contributed by atoms with E-state index in [2.05, 4.69) is 45.3 Å². The second-order valence-electron chi connectivity index (χ2n) is 13.2. The van der Waals surface area contributed by atoms with Crippen molar-refractivity contribution in [3.63, 3.8) is 0 Å². The number of hydrogen-bond acceptors (Lipinski definition) is 3. The second-order valence-corrected chi connectivity index (χ2v) is 13.2. The molecule has 0 spiro atoms. The first kappa shape index (κ1) is 23.0. The predicted molar refractivity (Wildman–Crippen MR) is 141 cm³/mol. The first-order chi connectivity index (χ1) is 17.6. The summed E-state index contributed by atoms with van der Waals surface area (Å²) < 4.78 is 2.06. The molecule has 5 aliphatic carbocycles. The lowest BCUT2D eigenvalue weighted by Crippen LogP contribution is -2.48. The minimum absolute atomic E-state index is 0.241. The summed E-state index contributed by atoms with van der Waals surface area (Å²) in [5.74, 6) is 3.74. The van der Waals surface area contributed by atoms with Crippen molar-refractivity contribution >= 4 is 5.91 Å². The fourth-order valence-electron chi connectivity index (χ4n) is 9.24. The van der Waals surface area contributed by atoms with E-state index < -0.39 is 0 Å². The topological polar surface area (TPSA) is 51.0 Å². The number of carbonyl (C=O) groups is 1. The standard InChI is InChI=1S/C31H42N4O/c36-30(16-22-8-10-27(11-9-22)26-5-2-1-3-6-26)35-12-4-7-28(35)20-34-21-29(32-33-34)31-17-23-13-24(18-31)15-25(14-23)19-31/h8-11,21,23-26,28H,1-7,12-20H2/t23?,24?,25?,28-,31?/m1/s1. The van der Waals surface area contributed by atoms with Gasteiger partial charge in [0.15, 0.2) is 0 Å². The summed E-state index contributed by atoms with van der Waals surface area (Å²) in [6.45, 7) is 1.66. The maximum Gasteiger partial charge on any atom is 0.227 e. The van der Waals surface area contributed by atoms with E-state index in [0.29, 0.717) is 11.8 Å². The number of benzene rings is 1. The molecule has 36 heavy (non-hydrogen) atoms. The number of aromatic nitrogens is 3. The van der Waals surface area contributed by atoms with E-state index in [4.69, 9.17) is 5.10 Å². The zero-order valence-electron chi connectivity index (χ0n) is 21.8. The van der Waals surface area contributed by atoms with Gasteiger partial charge in [0, 0.05) is 18.2 Å². The highest BCUT2D eigenvalue weighted by Gasteiger charge is 2.52. The van der Waals surface area contributed by atoms with Gasteiger partial charge in [-0.2, -0.15) is 0 Å². The van der Waals surface area contributed by atoms with E-state index in [9.17, 15) is 4.79 Å². The van der Waals surface area contributed by atoms with Crippen molar-refractivity contribution in [2.24, 2.45) is 17.8 Å². The maximum absolute atomic E-state index is 13.3. The number of hydrogen-bond donors (Lipinski definition) is 0. The lowest BCUT2D eigenvalue weighted by molar-refractivity contribution is -0.131. The molecule has 192 valence electrons. The Labute approximate surface area is 216 Å². The van der Waals surface area contributed by atoms with Crippen LogP contribution in [0.3, 0.4) is 0 Å². The van der Waals surface area contributed by atoms with Crippen LogP contribution >= 0.6 is 0 Å². The van der Waals surface area contributed by atoms with Gasteiger partial charge in [0.2, 0.25) is 5.91 Å². The number of likely N-dealkylation sites (tertiary alicyclic amines) is 1. The molecular formula is C31H42N4O. The molecule has 2 heterocycles. The lowest BCUT2D eigenvalue weighted by Gasteiger charge is -2.56. The third kappa shape index (κ3) is 4.31. The summed E-state index contributed by atoms with van der Waals surface area (Å²) in [7, 11) is 0. The lowest BCUT2D eigenvalue weighted by atomic mass is 9.49. The van der Waals surface area contributed by atoms with Gasteiger partial charge in [-0.3, -0.25) is 9.48 Å². The first-order valence-corrected chi connectivity index (χ1v) is 14.9. The molecule has 0 radical (unpaired) electrons. The van der Waals surface area contributed by atoms with Crippen molar-refractivity contribution in [2.45, 2.75) is 114 Å². The van der Waals surface area contributed by atoms with Gasteiger partial charge in [0.05, 0.1) is 24.7 Å². The fraction of sp³-hybridized carbons (Fsp3) is 0.710. The van der Waals surface area contributed by atoms with E-state index in [1.54, 1.807) is 0 Å². The van der Waals surface area contributed by atoms with Gasteiger partial charge < -0.3 is 4.90 Å². The van der Waals surface area contributed by atoms with Crippen molar-refractivity contribution < 1.29 is 4.79 Å². The number of rotatable bonds is 6. The highest BCUT2D eigenvalue weighted by molar-refractivity contribution is 5.79. The highest BCUT2D eigenvalue weighted by atomic mass is 16.2. The van der Waals surface area contributed by atoms with Crippen LogP contribution in [0.4, 0.5) is 0 Å². The second kappa shape index (κ2) is 9.29. The van der Waals surface area contributed by atoms with Crippen LogP contribution in [0.2, 0.25) is 0 Å². The van der Waals surface area contributed by atoms with Crippen molar-refractivity contribution in [3.05, 3.63) is 47.3 Å². The average molecular weight is 487 g/mol. The summed E-state index contributed by atoms with van der Waals surface area (Å²) >= 11 is 0. The van der Waals surface area contributed by atoms with Crippen LogP contribution in [0.15, 0.2) is 30.5 Å². The summed E-state index contributed by atoms with van der Waals surface area (Å²) in [5, 5.41) is 9.34. The molecule has 0 N–H and O–H groups in total. The molecule has 1 saturated heterocycles. The Kier molecular flexibility index (Phi) is 5.93. The van der Waals surface area contributed by atoms with E-state index in [1.165, 1.54) is 81.9 Å². The Bertz CT molecular complexity index is 1050. The van der Waals surface area contributed by atoms with Crippen LogP contribution in [0.5, 0.6) is 0 Å². The molecule has 5 nitrogen and oxygen atoms in total. The summed E-state index contributed by atoms with van der Waals surface area (Å²) in [5.41, 5.74) is 4.15. The molecule has 1 atom stereocenters. The summed E-state index contributed by atoms with van der Waals surface area (Å²) in [6.07, 6.45) is 20.0. The molecule has 4 bridgehead atoms. The molecule has 1 aliphatic heterocycles. The minimum Gasteiger partial charge on any atom is -0.338 e. The molecule has 5 heteroatoms. The van der Waals surface area contributed by atoms with E-state index >= 15 is 0 Å². The zero-order valence-corrected chi connectivity index (χ0v) is 21.8. The fourth-order valence-corrected chi connectivity index (χ4v) is 9.24. The molecule has 1 amide bonds. The number of carbonyl (C=O) groups excluding carboxylic acids is 1. The largest absolute Gasteiger partial charge is 0.338 e.